The zero-order chi connectivity index (χ0) is 17.1. The number of rotatable bonds is 3. The fourth-order valence-electron chi connectivity index (χ4n) is 3.94. The number of carbonyl (C=O) groups excluding carboxylic acids is 2. The lowest BCUT2D eigenvalue weighted by Crippen LogP contribution is -2.43. The second-order valence-corrected chi connectivity index (χ2v) is 7.09. The summed E-state index contributed by atoms with van der Waals surface area (Å²) in [5, 5.41) is 9.57. The van der Waals surface area contributed by atoms with Crippen LogP contribution in [-0.2, 0) is 4.79 Å². The van der Waals surface area contributed by atoms with Gasteiger partial charge in [-0.05, 0) is 62.1 Å². The lowest BCUT2D eigenvalue weighted by Gasteiger charge is -2.35. The Hall–Kier alpha value is -1.88. The molecule has 5 heteroatoms. The highest BCUT2D eigenvalue weighted by molar-refractivity contribution is 5.92. The Morgan fingerprint density at radius 3 is 2.08 bits per heavy atom. The average Bonchev–Trinajstić information content (AvgIpc) is 2.62. The number of amides is 2. The standard InChI is InChI=1S/C19H26N2O3/c20-18(23)15-5-1-13(2-6-15)14-3-7-16(8-4-14)19(24)21-11-9-17(22)10-12-21/h1-2,5-6,14,16-17,22H,3-4,7-12H2,(H2,20,23). The zero-order valence-corrected chi connectivity index (χ0v) is 14.0. The molecule has 1 saturated heterocycles. The molecule has 0 spiro atoms. The van der Waals surface area contributed by atoms with E-state index in [0.717, 1.165) is 25.7 Å². The van der Waals surface area contributed by atoms with Crippen molar-refractivity contribution in [1.82, 2.24) is 4.90 Å². The van der Waals surface area contributed by atoms with Gasteiger partial charge in [-0.1, -0.05) is 12.1 Å². The highest BCUT2D eigenvalue weighted by atomic mass is 16.3. The lowest BCUT2D eigenvalue weighted by atomic mass is 9.78. The first-order valence-corrected chi connectivity index (χ1v) is 8.91. The molecule has 0 atom stereocenters. The second-order valence-electron chi connectivity index (χ2n) is 7.09. The van der Waals surface area contributed by atoms with Crippen LogP contribution in [0.15, 0.2) is 24.3 Å². The maximum Gasteiger partial charge on any atom is 0.248 e. The van der Waals surface area contributed by atoms with Gasteiger partial charge in [-0.3, -0.25) is 9.59 Å². The minimum atomic E-state index is -0.400. The minimum absolute atomic E-state index is 0.126. The number of likely N-dealkylation sites (tertiary alicyclic amines) is 1. The normalized spacial score (nSPS) is 25.5. The van der Waals surface area contributed by atoms with Gasteiger partial charge < -0.3 is 15.7 Å². The number of hydrogen-bond acceptors (Lipinski definition) is 3. The SMILES string of the molecule is NC(=O)c1ccc(C2CCC(C(=O)N3CCC(O)CC3)CC2)cc1. The summed E-state index contributed by atoms with van der Waals surface area (Å²) in [6, 6.07) is 7.54. The van der Waals surface area contributed by atoms with E-state index in [0.29, 0.717) is 37.4 Å². The number of hydrogen-bond donors (Lipinski definition) is 2. The lowest BCUT2D eigenvalue weighted by molar-refractivity contribution is -0.138. The molecule has 130 valence electrons. The smallest absolute Gasteiger partial charge is 0.248 e. The summed E-state index contributed by atoms with van der Waals surface area (Å²) in [4.78, 5) is 25.7. The van der Waals surface area contributed by atoms with Crippen LogP contribution in [0.3, 0.4) is 0 Å². The van der Waals surface area contributed by atoms with E-state index in [4.69, 9.17) is 5.73 Å². The van der Waals surface area contributed by atoms with Gasteiger partial charge in [0, 0.05) is 24.6 Å². The molecule has 0 radical (unpaired) electrons. The number of piperidine rings is 1. The van der Waals surface area contributed by atoms with E-state index in [-0.39, 0.29) is 17.9 Å². The molecule has 5 nitrogen and oxygen atoms in total. The molecule has 1 aliphatic heterocycles. The van der Waals surface area contributed by atoms with Gasteiger partial charge >= 0.3 is 0 Å². The molecule has 1 saturated carbocycles. The summed E-state index contributed by atoms with van der Waals surface area (Å²) in [5.74, 6) is 0.451. The van der Waals surface area contributed by atoms with Crippen molar-refractivity contribution in [3.05, 3.63) is 35.4 Å². The molecule has 3 rings (SSSR count). The summed E-state index contributed by atoms with van der Waals surface area (Å²) < 4.78 is 0. The third-order valence-corrected chi connectivity index (χ3v) is 5.52. The molecule has 0 aromatic heterocycles. The van der Waals surface area contributed by atoms with Gasteiger partial charge in [-0.2, -0.15) is 0 Å². The Morgan fingerprint density at radius 2 is 1.54 bits per heavy atom. The number of aliphatic hydroxyl groups excluding tert-OH is 1. The van der Waals surface area contributed by atoms with E-state index in [9.17, 15) is 14.7 Å². The van der Waals surface area contributed by atoms with Crippen LogP contribution in [0.1, 0.15) is 60.4 Å². The molecule has 2 amide bonds. The van der Waals surface area contributed by atoms with Crippen molar-refractivity contribution in [3.8, 4) is 0 Å². The predicted octanol–water partition coefficient (Wildman–Crippen LogP) is 2.04. The van der Waals surface area contributed by atoms with Crippen LogP contribution in [0.25, 0.3) is 0 Å². The molecule has 2 aliphatic rings. The van der Waals surface area contributed by atoms with Crippen molar-refractivity contribution in [2.45, 2.75) is 50.5 Å². The Bertz CT molecular complexity index is 583. The Balaban J connectivity index is 1.53. The van der Waals surface area contributed by atoms with Gasteiger partial charge in [0.1, 0.15) is 0 Å². The zero-order valence-electron chi connectivity index (χ0n) is 14.0. The van der Waals surface area contributed by atoms with E-state index in [1.165, 1.54) is 5.56 Å². The topological polar surface area (TPSA) is 83.6 Å². The number of nitrogens with zero attached hydrogens (tertiary/aromatic N) is 1. The first-order chi connectivity index (χ1) is 11.5. The monoisotopic (exact) mass is 330 g/mol. The predicted molar refractivity (Wildman–Crippen MR) is 91.5 cm³/mol. The van der Waals surface area contributed by atoms with E-state index in [1.807, 2.05) is 17.0 Å². The Kier molecular flexibility index (Phi) is 5.19. The number of benzene rings is 1. The van der Waals surface area contributed by atoms with Crippen molar-refractivity contribution < 1.29 is 14.7 Å². The fourth-order valence-corrected chi connectivity index (χ4v) is 3.94. The van der Waals surface area contributed by atoms with Crippen LogP contribution in [0.2, 0.25) is 0 Å². The maximum atomic E-state index is 12.6. The summed E-state index contributed by atoms with van der Waals surface area (Å²) in [7, 11) is 0. The van der Waals surface area contributed by atoms with E-state index >= 15 is 0 Å². The van der Waals surface area contributed by atoms with Gasteiger partial charge in [0.15, 0.2) is 0 Å². The van der Waals surface area contributed by atoms with Crippen LogP contribution in [0.5, 0.6) is 0 Å². The molecule has 3 N–H and O–H groups in total. The molecular weight excluding hydrogens is 304 g/mol. The first kappa shape index (κ1) is 17.0. The molecule has 1 aliphatic carbocycles. The highest BCUT2D eigenvalue weighted by Crippen LogP contribution is 2.36. The molecule has 2 fully saturated rings. The van der Waals surface area contributed by atoms with Gasteiger partial charge in [-0.25, -0.2) is 0 Å². The Morgan fingerprint density at radius 1 is 0.958 bits per heavy atom. The largest absolute Gasteiger partial charge is 0.393 e. The van der Waals surface area contributed by atoms with Gasteiger partial charge in [0.25, 0.3) is 0 Å². The van der Waals surface area contributed by atoms with Crippen molar-refractivity contribution in [2.24, 2.45) is 11.7 Å². The number of carbonyl (C=O) groups is 2. The minimum Gasteiger partial charge on any atom is -0.393 e. The maximum absolute atomic E-state index is 12.6. The summed E-state index contributed by atoms with van der Waals surface area (Å²) >= 11 is 0. The van der Waals surface area contributed by atoms with E-state index in [2.05, 4.69) is 0 Å². The fraction of sp³-hybridized carbons (Fsp3) is 0.579. The number of primary amides is 1. The average molecular weight is 330 g/mol. The molecule has 0 unspecified atom stereocenters. The summed E-state index contributed by atoms with van der Waals surface area (Å²) in [6.45, 7) is 1.38. The van der Waals surface area contributed by atoms with Crippen LogP contribution >= 0.6 is 0 Å². The van der Waals surface area contributed by atoms with Crippen molar-refractivity contribution in [2.75, 3.05) is 13.1 Å². The number of aliphatic hydroxyl groups is 1. The van der Waals surface area contributed by atoms with E-state index in [1.54, 1.807) is 12.1 Å². The Labute approximate surface area is 142 Å². The highest BCUT2D eigenvalue weighted by Gasteiger charge is 2.31. The molecule has 24 heavy (non-hydrogen) atoms. The van der Waals surface area contributed by atoms with E-state index < -0.39 is 5.91 Å². The van der Waals surface area contributed by atoms with Gasteiger partial charge in [0.05, 0.1) is 6.10 Å². The molecule has 1 aromatic carbocycles. The summed E-state index contributed by atoms with van der Waals surface area (Å²) in [5.41, 5.74) is 7.04. The number of nitrogens with two attached hydrogens (primary N) is 1. The first-order valence-electron chi connectivity index (χ1n) is 8.91. The van der Waals surface area contributed by atoms with Crippen molar-refractivity contribution in [3.63, 3.8) is 0 Å². The third-order valence-electron chi connectivity index (χ3n) is 5.52. The quantitative estimate of drug-likeness (QED) is 0.889. The molecule has 0 bridgehead atoms. The van der Waals surface area contributed by atoms with Crippen molar-refractivity contribution >= 4 is 11.8 Å². The second kappa shape index (κ2) is 7.34. The van der Waals surface area contributed by atoms with Crippen LogP contribution in [0.4, 0.5) is 0 Å². The van der Waals surface area contributed by atoms with Gasteiger partial charge in [-0.15, -0.1) is 0 Å². The van der Waals surface area contributed by atoms with Crippen LogP contribution < -0.4 is 5.73 Å². The molecule has 1 aromatic rings. The van der Waals surface area contributed by atoms with Crippen molar-refractivity contribution in [1.29, 1.82) is 0 Å². The molecule has 1 heterocycles. The van der Waals surface area contributed by atoms with Gasteiger partial charge in [0.2, 0.25) is 11.8 Å². The third kappa shape index (κ3) is 3.78. The van der Waals surface area contributed by atoms with Crippen LogP contribution in [-0.4, -0.2) is 41.0 Å². The van der Waals surface area contributed by atoms with Crippen LogP contribution in [0, 0.1) is 5.92 Å². The summed E-state index contributed by atoms with van der Waals surface area (Å²) in [6.07, 6.45) is 5.00. The molecular formula is C19H26N2O3.